The van der Waals surface area contributed by atoms with Gasteiger partial charge in [-0.3, -0.25) is 14.5 Å². The number of nitrogens with zero attached hydrogens (tertiary/aromatic N) is 5. The molecule has 0 bridgehead atoms. The predicted octanol–water partition coefficient (Wildman–Crippen LogP) is 2.36. The van der Waals surface area contributed by atoms with Gasteiger partial charge in [0.15, 0.2) is 5.52 Å². The van der Waals surface area contributed by atoms with E-state index >= 15 is 0 Å². The maximum Gasteiger partial charge on any atom is 0.338 e. The van der Waals surface area contributed by atoms with E-state index in [2.05, 4.69) is 20.2 Å². The SMILES string of the molecule is O=C(O)c1cnn(-c2nc3cnn(CC4CCCCCCC4)c3c(=O)[nH]2)c1. The Bertz CT molecular complexity index is 1010. The molecule has 0 radical (unpaired) electrons. The van der Waals surface area contributed by atoms with E-state index in [0.717, 1.165) is 19.4 Å². The van der Waals surface area contributed by atoms with Crippen molar-refractivity contribution in [1.29, 1.82) is 0 Å². The molecule has 0 amide bonds. The number of H-pyrrole nitrogens is 1. The van der Waals surface area contributed by atoms with Crippen LogP contribution in [0.25, 0.3) is 17.0 Å². The quantitative estimate of drug-likeness (QED) is 0.728. The van der Waals surface area contributed by atoms with E-state index in [-0.39, 0.29) is 17.1 Å². The molecule has 142 valence electrons. The Morgan fingerprint density at radius 3 is 2.59 bits per heavy atom. The highest BCUT2D eigenvalue weighted by molar-refractivity contribution is 5.87. The van der Waals surface area contributed by atoms with Crippen molar-refractivity contribution in [2.45, 2.75) is 51.5 Å². The lowest BCUT2D eigenvalue weighted by atomic mass is 9.91. The van der Waals surface area contributed by atoms with Crippen molar-refractivity contribution in [3.63, 3.8) is 0 Å². The monoisotopic (exact) mass is 370 g/mol. The van der Waals surface area contributed by atoms with E-state index in [4.69, 9.17) is 5.11 Å². The third kappa shape index (κ3) is 3.62. The van der Waals surface area contributed by atoms with Gasteiger partial charge in [0.1, 0.15) is 5.52 Å². The molecule has 0 atom stereocenters. The highest BCUT2D eigenvalue weighted by Crippen LogP contribution is 2.24. The molecule has 2 N–H and O–H groups in total. The third-order valence-electron chi connectivity index (χ3n) is 5.19. The van der Waals surface area contributed by atoms with Crippen molar-refractivity contribution >= 4 is 17.0 Å². The zero-order valence-electron chi connectivity index (χ0n) is 15.0. The maximum atomic E-state index is 12.6. The molecular formula is C18H22N6O3. The topological polar surface area (TPSA) is 119 Å². The van der Waals surface area contributed by atoms with Crippen LogP contribution >= 0.6 is 0 Å². The summed E-state index contributed by atoms with van der Waals surface area (Å²) in [6.07, 6.45) is 12.8. The number of hydrogen-bond donors (Lipinski definition) is 2. The maximum absolute atomic E-state index is 12.6. The number of aromatic amines is 1. The molecule has 1 aliphatic carbocycles. The standard InChI is InChI=1S/C18H22N6O3/c25-16-15-14(21-18(22-16)24-11-13(8-19-24)17(26)27)9-20-23(15)10-12-6-4-2-1-3-5-7-12/h8-9,11-12H,1-7,10H2,(H,26,27)(H,21,22,25). The van der Waals surface area contributed by atoms with Crippen molar-refractivity contribution in [2.75, 3.05) is 0 Å². The van der Waals surface area contributed by atoms with Gasteiger partial charge in [0.25, 0.3) is 5.56 Å². The molecule has 0 aliphatic heterocycles. The number of hydrogen-bond acceptors (Lipinski definition) is 5. The average molecular weight is 370 g/mol. The molecule has 0 unspecified atom stereocenters. The third-order valence-corrected chi connectivity index (χ3v) is 5.19. The second kappa shape index (κ2) is 7.34. The van der Waals surface area contributed by atoms with E-state index in [1.165, 1.54) is 49.2 Å². The Morgan fingerprint density at radius 2 is 1.89 bits per heavy atom. The van der Waals surface area contributed by atoms with Gasteiger partial charge in [-0.15, -0.1) is 0 Å². The lowest BCUT2D eigenvalue weighted by molar-refractivity contribution is 0.0697. The van der Waals surface area contributed by atoms with Gasteiger partial charge < -0.3 is 5.11 Å². The van der Waals surface area contributed by atoms with Crippen LogP contribution < -0.4 is 5.56 Å². The summed E-state index contributed by atoms with van der Waals surface area (Å²) in [5, 5.41) is 17.3. The Hall–Kier alpha value is -2.97. The van der Waals surface area contributed by atoms with Crippen molar-refractivity contribution in [2.24, 2.45) is 5.92 Å². The van der Waals surface area contributed by atoms with Crippen LogP contribution in [0.1, 0.15) is 55.3 Å². The van der Waals surface area contributed by atoms with E-state index in [1.54, 1.807) is 10.9 Å². The second-order valence-corrected chi connectivity index (χ2v) is 7.14. The van der Waals surface area contributed by atoms with Gasteiger partial charge in [-0.1, -0.05) is 32.1 Å². The first-order valence-corrected chi connectivity index (χ1v) is 9.36. The molecule has 1 saturated carbocycles. The van der Waals surface area contributed by atoms with Crippen LogP contribution in [-0.4, -0.2) is 40.6 Å². The van der Waals surface area contributed by atoms with Gasteiger partial charge in [-0.2, -0.15) is 10.2 Å². The van der Waals surface area contributed by atoms with E-state index in [0.29, 0.717) is 17.0 Å². The minimum atomic E-state index is -1.09. The lowest BCUT2D eigenvalue weighted by Gasteiger charge is -2.19. The second-order valence-electron chi connectivity index (χ2n) is 7.14. The Morgan fingerprint density at radius 1 is 1.15 bits per heavy atom. The summed E-state index contributed by atoms with van der Waals surface area (Å²) in [6, 6.07) is 0. The summed E-state index contributed by atoms with van der Waals surface area (Å²) >= 11 is 0. The number of aromatic carboxylic acids is 1. The molecule has 3 aromatic heterocycles. The number of carbonyl (C=O) groups is 1. The molecule has 27 heavy (non-hydrogen) atoms. The number of rotatable bonds is 4. The average Bonchev–Trinajstić information content (AvgIpc) is 3.25. The minimum Gasteiger partial charge on any atom is -0.478 e. The molecule has 9 nitrogen and oxygen atoms in total. The van der Waals surface area contributed by atoms with E-state index in [1.807, 2.05) is 0 Å². The molecule has 4 rings (SSSR count). The summed E-state index contributed by atoms with van der Waals surface area (Å²) in [6.45, 7) is 0.721. The van der Waals surface area contributed by atoms with Crippen LogP contribution in [0.2, 0.25) is 0 Å². The predicted molar refractivity (Wildman–Crippen MR) is 98.0 cm³/mol. The lowest BCUT2D eigenvalue weighted by Crippen LogP contribution is -2.19. The van der Waals surface area contributed by atoms with Crippen molar-refractivity contribution in [3.8, 4) is 5.95 Å². The van der Waals surface area contributed by atoms with Gasteiger partial charge in [0.2, 0.25) is 5.95 Å². The highest BCUT2D eigenvalue weighted by atomic mass is 16.4. The largest absolute Gasteiger partial charge is 0.478 e. The van der Waals surface area contributed by atoms with Gasteiger partial charge in [-0.05, 0) is 18.8 Å². The summed E-state index contributed by atoms with van der Waals surface area (Å²) in [7, 11) is 0. The van der Waals surface area contributed by atoms with Gasteiger partial charge in [0, 0.05) is 12.7 Å². The van der Waals surface area contributed by atoms with Crippen LogP contribution in [-0.2, 0) is 6.54 Å². The van der Waals surface area contributed by atoms with Gasteiger partial charge in [0.05, 0.1) is 18.0 Å². The fourth-order valence-electron chi connectivity index (χ4n) is 3.76. The van der Waals surface area contributed by atoms with Crippen LogP contribution in [0, 0.1) is 5.92 Å². The van der Waals surface area contributed by atoms with E-state index < -0.39 is 5.97 Å². The normalized spacial score (nSPS) is 16.3. The molecule has 0 saturated heterocycles. The van der Waals surface area contributed by atoms with E-state index in [9.17, 15) is 9.59 Å². The Kier molecular flexibility index (Phi) is 4.74. The molecule has 9 heteroatoms. The van der Waals surface area contributed by atoms with Crippen molar-refractivity contribution in [1.82, 2.24) is 29.5 Å². The molecular weight excluding hydrogens is 348 g/mol. The summed E-state index contributed by atoms with van der Waals surface area (Å²) in [5.41, 5.74) is 0.654. The zero-order valence-corrected chi connectivity index (χ0v) is 15.0. The number of carboxylic acids is 1. The smallest absolute Gasteiger partial charge is 0.338 e. The number of nitrogens with one attached hydrogen (secondary N) is 1. The number of fused-ring (bicyclic) bond motifs is 1. The highest BCUT2D eigenvalue weighted by Gasteiger charge is 2.17. The first kappa shape index (κ1) is 17.4. The minimum absolute atomic E-state index is 0.0257. The molecule has 0 spiro atoms. The zero-order chi connectivity index (χ0) is 18.8. The summed E-state index contributed by atoms with van der Waals surface area (Å²) < 4.78 is 3.00. The molecule has 1 fully saturated rings. The van der Waals surface area contributed by atoms with Crippen LogP contribution in [0.3, 0.4) is 0 Å². The first-order chi connectivity index (χ1) is 13.1. The van der Waals surface area contributed by atoms with Crippen LogP contribution in [0.15, 0.2) is 23.4 Å². The first-order valence-electron chi connectivity index (χ1n) is 9.36. The number of carboxylic acid groups (broad SMARTS) is 1. The summed E-state index contributed by atoms with van der Waals surface area (Å²) in [5.74, 6) is -0.390. The molecule has 3 aromatic rings. The number of aromatic nitrogens is 6. The Labute approximate surface area is 155 Å². The summed E-state index contributed by atoms with van der Waals surface area (Å²) in [4.78, 5) is 30.7. The van der Waals surface area contributed by atoms with Crippen molar-refractivity contribution < 1.29 is 9.90 Å². The fourth-order valence-corrected chi connectivity index (χ4v) is 3.76. The van der Waals surface area contributed by atoms with Crippen LogP contribution in [0.5, 0.6) is 0 Å². The van der Waals surface area contributed by atoms with Crippen molar-refractivity contribution in [3.05, 3.63) is 34.5 Å². The Balaban J connectivity index is 1.63. The molecule has 0 aromatic carbocycles. The fraction of sp³-hybridized carbons (Fsp3) is 0.500. The molecule has 1 aliphatic rings. The van der Waals surface area contributed by atoms with Gasteiger partial charge in [-0.25, -0.2) is 14.5 Å². The van der Waals surface area contributed by atoms with Crippen LogP contribution in [0.4, 0.5) is 0 Å². The van der Waals surface area contributed by atoms with Gasteiger partial charge >= 0.3 is 5.97 Å². The molecule has 3 heterocycles.